The summed E-state index contributed by atoms with van der Waals surface area (Å²) in [5.74, 6) is -0.0193. The molecule has 2 aromatic carbocycles. The molecule has 1 unspecified atom stereocenters. The van der Waals surface area contributed by atoms with Crippen LogP contribution in [0.15, 0.2) is 66.2 Å². The third kappa shape index (κ3) is 5.01. The van der Waals surface area contributed by atoms with Crippen LogP contribution in [0.4, 0.5) is 0 Å². The summed E-state index contributed by atoms with van der Waals surface area (Å²) < 4.78 is 6.09. The zero-order valence-electron chi connectivity index (χ0n) is 18.4. The Labute approximate surface area is 184 Å². The number of carbonyl (C=O) groups excluding carboxylic acids is 1. The summed E-state index contributed by atoms with van der Waals surface area (Å²) in [5.41, 5.74) is 4.84. The minimum atomic E-state index is -0.156. The minimum absolute atomic E-state index is 0.0193. The lowest BCUT2D eigenvalue weighted by Crippen LogP contribution is -2.39. The molecule has 1 aliphatic heterocycles. The largest absolute Gasteiger partial charge is 0.369 e. The van der Waals surface area contributed by atoms with Gasteiger partial charge in [0.25, 0.3) is 5.91 Å². The van der Waals surface area contributed by atoms with Crippen molar-refractivity contribution in [1.82, 2.24) is 14.8 Å². The summed E-state index contributed by atoms with van der Waals surface area (Å²) in [6.45, 7) is 5.33. The first-order valence-corrected chi connectivity index (χ1v) is 10.7. The standard InChI is InChI=1S/C26H29N3O2/c1-19(15-20-9-5-4-6-10-20)17-29-13-14-31-25(18-29)24-16-22(26(30)28(2)3)21-11-7-8-12-23(21)27-24/h4-12,15-16,25H,13-14,17-18H2,1-3H3/b19-15+. The highest BCUT2D eigenvalue weighted by molar-refractivity contribution is 6.06. The van der Waals surface area contributed by atoms with E-state index in [1.165, 1.54) is 11.1 Å². The van der Waals surface area contributed by atoms with Crippen molar-refractivity contribution in [1.29, 1.82) is 0 Å². The van der Waals surface area contributed by atoms with Crippen LogP contribution in [0, 0.1) is 0 Å². The zero-order chi connectivity index (χ0) is 21.8. The Morgan fingerprint density at radius 3 is 2.68 bits per heavy atom. The van der Waals surface area contributed by atoms with Crippen LogP contribution in [-0.2, 0) is 4.74 Å². The summed E-state index contributed by atoms with van der Waals surface area (Å²) in [5, 5.41) is 0.874. The molecule has 0 radical (unpaired) electrons. The summed E-state index contributed by atoms with van der Waals surface area (Å²) in [6.07, 6.45) is 2.07. The van der Waals surface area contributed by atoms with Crippen molar-refractivity contribution in [3.05, 3.63) is 83.1 Å². The van der Waals surface area contributed by atoms with E-state index < -0.39 is 0 Å². The van der Waals surface area contributed by atoms with Crippen molar-refractivity contribution < 1.29 is 9.53 Å². The van der Waals surface area contributed by atoms with Gasteiger partial charge in [0, 0.05) is 39.1 Å². The number of nitrogens with zero attached hydrogens (tertiary/aromatic N) is 3. The van der Waals surface area contributed by atoms with Gasteiger partial charge in [-0.15, -0.1) is 0 Å². The molecule has 0 spiro atoms. The van der Waals surface area contributed by atoms with Gasteiger partial charge in [-0.05, 0) is 24.6 Å². The van der Waals surface area contributed by atoms with Gasteiger partial charge in [0.15, 0.2) is 0 Å². The van der Waals surface area contributed by atoms with Crippen LogP contribution in [0.1, 0.15) is 34.6 Å². The molecule has 0 saturated carbocycles. The average Bonchev–Trinajstić information content (AvgIpc) is 2.78. The van der Waals surface area contributed by atoms with E-state index in [9.17, 15) is 4.79 Å². The molecule has 1 atom stereocenters. The smallest absolute Gasteiger partial charge is 0.254 e. The normalized spacial score (nSPS) is 17.6. The van der Waals surface area contributed by atoms with Crippen molar-refractivity contribution >= 4 is 22.9 Å². The number of rotatable bonds is 5. The Kier molecular flexibility index (Phi) is 6.44. The lowest BCUT2D eigenvalue weighted by Gasteiger charge is -2.33. The summed E-state index contributed by atoms with van der Waals surface area (Å²) >= 11 is 0. The number of ether oxygens (including phenoxy) is 1. The maximum Gasteiger partial charge on any atom is 0.254 e. The zero-order valence-corrected chi connectivity index (χ0v) is 18.4. The highest BCUT2D eigenvalue weighted by atomic mass is 16.5. The van der Waals surface area contributed by atoms with Crippen LogP contribution in [0.25, 0.3) is 17.0 Å². The molecule has 5 heteroatoms. The summed E-state index contributed by atoms with van der Waals surface area (Å²) in [7, 11) is 3.55. The number of carbonyl (C=O) groups is 1. The molecule has 4 rings (SSSR count). The Bertz CT molecular complexity index is 1090. The first-order valence-electron chi connectivity index (χ1n) is 10.7. The Morgan fingerprint density at radius 1 is 1.16 bits per heavy atom. The Hall–Kier alpha value is -3.02. The molecule has 1 amide bonds. The summed E-state index contributed by atoms with van der Waals surface area (Å²) in [6, 6.07) is 20.1. The lowest BCUT2D eigenvalue weighted by atomic mass is 10.0. The number of hydrogen-bond acceptors (Lipinski definition) is 4. The van der Waals surface area contributed by atoms with E-state index in [0.717, 1.165) is 36.2 Å². The highest BCUT2D eigenvalue weighted by Gasteiger charge is 2.25. The van der Waals surface area contributed by atoms with Gasteiger partial charge >= 0.3 is 0 Å². The van der Waals surface area contributed by atoms with Gasteiger partial charge in [-0.1, -0.05) is 60.2 Å². The molecule has 2 heterocycles. The van der Waals surface area contributed by atoms with E-state index in [4.69, 9.17) is 9.72 Å². The number of para-hydroxylation sites is 1. The van der Waals surface area contributed by atoms with Crippen LogP contribution in [0.5, 0.6) is 0 Å². The van der Waals surface area contributed by atoms with E-state index in [1.54, 1.807) is 19.0 Å². The number of morpholine rings is 1. The molecule has 0 bridgehead atoms. The molecule has 1 saturated heterocycles. The molecular formula is C26H29N3O2. The van der Waals surface area contributed by atoms with Crippen molar-refractivity contribution in [3.63, 3.8) is 0 Å². The Morgan fingerprint density at radius 2 is 1.90 bits per heavy atom. The molecule has 0 aliphatic carbocycles. The second-order valence-corrected chi connectivity index (χ2v) is 8.31. The number of aromatic nitrogens is 1. The van der Waals surface area contributed by atoms with Crippen molar-refractivity contribution in [2.24, 2.45) is 0 Å². The van der Waals surface area contributed by atoms with E-state index in [1.807, 2.05) is 36.4 Å². The first kappa shape index (κ1) is 21.2. The fourth-order valence-corrected chi connectivity index (χ4v) is 4.04. The molecule has 1 fully saturated rings. The van der Waals surface area contributed by atoms with Gasteiger partial charge in [0.2, 0.25) is 0 Å². The number of amides is 1. The van der Waals surface area contributed by atoms with Crippen LogP contribution in [0.2, 0.25) is 0 Å². The molecule has 31 heavy (non-hydrogen) atoms. The maximum atomic E-state index is 12.8. The van der Waals surface area contributed by atoms with E-state index in [2.05, 4.69) is 42.2 Å². The number of pyridine rings is 1. The van der Waals surface area contributed by atoms with Gasteiger partial charge in [-0.3, -0.25) is 9.69 Å². The third-order valence-electron chi connectivity index (χ3n) is 5.54. The fourth-order valence-electron chi connectivity index (χ4n) is 4.04. The van der Waals surface area contributed by atoms with Crippen LogP contribution < -0.4 is 0 Å². The molecule has 1 aromatic heterocycles. The van der Waals surface area contributed by atoms with E-state index >= 15 is 0 Å². The predicted molar refractivity (Wildman–Crippen MR) is 125 cm³/mol. The second-order valence-electron chi connectivity index (χ2n) is 8.31. The van der Waals surface area contributed by atoms with Gasteiger partial charge in [-0.25, -0.2) is 4.98 Å². The van der Waals surface area contributed by atoms with Gasteiger partial charge in [-0.2, -0.15) is 0 Å². The molecular weight excluding hydrogens is 386 g/mol. The van der Waals surface area contributed by atoms with Crippen molar-refractivity contribution in [3.8, 4) is 0 Å². The van der Waals surface area contributed by atoms with E-state index in [-0.39, 0.29) is 12.0 Å². The Balaban J connectivity index is 1.57. The molecule has 160 valence electrons. The monoisotopic (exact) mass is 415 g/mol. The second kappa shape index (κ2) is 9.41. The molecule has 0 N–H and O–H groups in total. The minimum Gasteiger partial charge on any atom is -0.369 e. The first-order chi connectivity index (χ1) is 15.0. The third-order valence-corrected chi connectivity index (χ3v) is 5.54. The van der Waals surface area contributed by atoms with Crippen LogP contribution >= 0.6 is 0 Å². The number of hydrogen-bond donors (Lipinski definition) is 0. The van der Waals surface area contributed by atoms with Crippen LogP contribution in [-0.4, -0.2) is 61.0 Å². The number of fused-ring (bicyclic) bond motifs is 1. The van der Waals surface area contributed by atoms with Gasteiger partial charge in [0.1, 0.15) is 6.10 Å². The van der Waals surface area contributed by atoms with Crippen molar-refractivity contribution in [2.75, 3.05) is 40.3 Å². The van der Waals surface area contributed by atoms with Crippen molar-refractivity contribution in [2.45, 2.75) is 13.0 Å². The molecule has 3 aromatic rings. The topological polar surface area (TPSA) is 45.7 Å². The maximum absolute atomic E-state index is 12.8. The summed E-state index contributed by atoms with van der Waals surface area (Å²) in [4.78, 5) is 21.7. The predicted octanol–water partition coefficient (Wildman–Crippen LogP) is 4.41. The molecule has 5 nitrogen and oxygen atoms in total. The highest BCUT2D eigenvalue weighted by Crippen LogP contribution is 2.27. The quantitative estimate of drug-likeness (QED) is 0.619. The van der Waals surface area contributed by atoms with E-state index in [0.29, 0.717) is 12.2 Å². The fraction of sp³-hybridized carbons (Fsp3) is 0.308. The average molecular weight is 416 g/mol. The number of benzene rings is 2. The lowest BCUT2D eigenvalue weighted by molar-refractivity contribution is -0.0287. The van der Waals surface area contributed by atoms with Crippen LogP contribution in [0.3, 0.4) is 0 Å². The molecule has 1 aliphatic rings. The van der Waals surface area contributed by atoms with Gasteiger partial charge < -0.3 is 9.64 Å². The van der Waals surface area contributed by atoms with Gasteiger partial charge in [0.05, 0.1) is 23.4 Å². The SMILES string of the molecule is C/C(=C\c1ccccc1)CN1CCOC(c2cc(C(=O)N(C)C)c3ccccc3n2)C1.